The highest BCUT2D eigenvalue weighted by Crippen LogP contribution is 2.24. The maximum absolute atomic E-state index is 11.6. The van der Waals surface area contributed by atoms with Crippen molar-refractivity contribution in [3.8, 4) is 16.9 Å². The number of nitrogens with zero attached hydrogens (tertiary/aromatic N) is 1. The van der Waals surface area contributed by atoms with Crippen LogP contribution >= 0.6 is 0 Å². The molecule has 4 heteroatoms. The minimum Gasteiger partial charge on any atom is -0.497 e. The Morgan fingerprint density at radius 2 is 2.06 bits per heavy atom. The van der Waals surface area contributed by atoms with Crippen LogP contribution in [0.25, 0.3) is 11.1 Å². The van der Waals surface area contributed by atoms with Crippen molar-refractivity contribution >= 4 is 0 Å². The van der Waals surface area contributed by atoms with Crippen LogP contribution in [-0.4, -0.2) is 17.3 Å². The zero-order chi connectivity index (χ0) is 11.5. The molecule has 2 rings (SSSR count). The lowest BCUT2D eigenvalue weighted by molar-refractivity contribution is 0.415. The molecule has 0 saturated heterocycles. The predicted octanol–water partition coefficient (Wildman–Crippen LogP) is 1.75. The summed E-state index contributed by atoms with van der Waals surface area (Å²) in [5, 5.41) is 6.09. The van der Waals surface area contributed by atoms with Gasteiger partial charge in [-0.1, -0.05) is 6.07 Å². The summed E-state index contributed by atoms with van der Waals surface area (Å²) >= 11 is 0. The zero-order valence-corrected chi connectivity index (χ0v) is 9.15. The smallest absolute Gasteiger partial charge is 0.272 e. The fourth-order valence-electron chi connectivity index (χ4n) is 1.57. The highest BCUT2D eigenvalue weighted by molar-refractivity contribution is 5.67. The molecular weight excluding hydrogens is 204 g/mol. The first kappa shape index (κ1) is 10.4. The van der Waals surface area contributed by atoms with Gasteiger partial charge in [0.05, 0.1) is 12.7 Å². The van der Waals surface area contributed by atoms with Gasteiger partial charge in [-0.15, -0.1) is 0 Å². The number of aromatic nitrogens is 2. The van der Waals surface area contributed by atoms with E-state index in [-0.39, 0.29) is 5.56 Å². The highest BCUT2D eigenvalue weighted by Gasteiger charge is 2.07. The molecule has 0 aliphatic heterocycles. The van der Waals surface area contributed by atoms with E-state index < -0.39 is 0 Å². The van der Waals surface area contributed by atoms with Gasteiger partial charge in [-0.25, -0.2) is 5.10 Å². The number of methoxy groups -OCH3 is 1. The largest absolute Gasteiger partial charge is 0.497 e. The molecule has 1 N–H and O–H groups in total. The summed E-state index contributed by atoms with van der Waals surface area (Å²) in [6.45, 7) is 1.95. The van der Waals surface area contributed by atoms with Gasteiger partial charge in [-0.05, 0) is 36.2 Å². The normalized spacial score (nSPS) is 10.1. The average molecular weight is 216 g/mol. The van der Waals surface area contributed by atoms with Gasteiger partial charge in [0, 0.05) is 6.20 Å². The molecule has 16 heavy (non-hydrogen) atoms. The molecule has 82 valence electrons. The molecule has 0 radical (unpaired) electrons. The fraction of sp³-hybridized carbons (Fsp3) is 0.167. The van der Waals surface area contributed by atoms with E-state index >= 15 is 0 Å². The molecule has 1 heterocycles. The summed E-state index contributed by atoms with van der Waals surface area (Å²) in [5.74, 6) is 0.733. The third kappa shape index (κ3) is 1.82. The van der Waals surface area contributed by atoms with Crippen molar-refractivity contribution in [1.82, 2.24) is 10.2 Å². The van der Waals surface area contributed by atoms with Gasteiger partial charge in [0.25, 0.3) is 5.56 Å². The molecule has 1 aromatic heterocycles. The first-order chi connectivity index (χ1) is 7.72. The van der Waals surface area contributed by atoms with Crippen molar-refractivity contribution in [1.29, 1.82) is 0 Å². The van der Waals surface area contributed by atoms with E-state index in [9.17, 15) is 4.79 Å². The molecule has 0 bridgehead atoms. The van der Waals surface area contributed by atoms with Gasteiger partial charge in [0.1, 0.15) is 5.75 Å². The van der Waals surface area contributed by atoms with Crippen molar-refractivity contribution in [2.45, 2.75) is 6.92 Å². The van der Waals surface area contributed by atoms with Gasteiger partial charge < -0.3 is 4.74 Å². The summed E-state index contributed by atoms with van der Waals surface area (Å²) in [6.07, 6.45) is 1.57. The van der Waals surface area contributed by atoms with Gasteiger partial charge >= 0.3 is 0 Å². The van der Waals surface area contributed by atoms with E-state index in [4.69, 9.17) is 4.74 Å². The van der Waals surface area contributed by atoms with Gasteiger partial charge in [0.2, 0.25) is 0 Å². The summed E-state index contributed by atoms with van der Waals surface area (Å²) in [7, 11) is 1.60. The van der Waals surface area contributed by atoms with Crippen LogP contribution in [0.5, 0.6) is 5.75 Å². The van der Waals surface area contributed by atoms with Crippen molar-refractivity contribution in [2.24, 2.45) is 0 Å². The van der Waals surface area contributed by atoms with Gasteiger partial charge in [-0.2, -0.15) is 5.10 Å². The SMILES string of the molecule is COc1ccc(C)c(-c2ccn[nH]c2=O)c1. The third-order valence-electron chi connectivity index (χ3n) is 2.46. The van der Waals surface area contributed by atoms with Gasteiger partial charge in [-0.3, -0.25) is 4.79 Å². The number of nitrogens with one attached hydrogen (secondary N) is 1. The molecule has 1 aromatic carbocycles. The number of aryl methyl sites for hydroxylation is 1. The van der Waals surface area contributed by atoms with Crippen LogP contribution in [0.2, 0.25) is 0 Å². The number of H-pyrrole nitrogens is 1. The van der Waals surface area contributed by atoms with Crippen LogP contribution in [0.1, 0.15) is 5.56 Å². The Morgan fingerprint density at radius 1 is 1.25 bits per heavy atom. The van der Waals surface area contributed by atoms with E-state index in [1.165, 1.54) is 0 Å². The predicted molar refractivity (Wildman–Crippen MR) is 61.6 cm³/mol. The quantitative estimate of drug-likeness (QED) is 0.832. The standard InChI is InChI=1S/C12H12N2O2/c1-8-3-4-9(16-2)7-11(8)10-5-6-13-14-12(10)15/h3-7H,1-2H3,(H,14,15). The van der Waals surface area contributed by atoms with Crippen LogP contribution in [0, 0.1) is 6.92 Å². The van der Waals surface area contributed by atoms with Crippen LogP contribution in [0.15, 0.2) is 35.3 Å². The second kappa shape index (κ2) is 4.18. The fourth-order valence-corrected chi connectivity index (χ4v) is 1.57. The Kier molecular flexibility index (Phi) is 2.72. The topological polar surface area (TPSA) is 55.0 Å². The first-order valence-electron chi connectivity index (χ1n) is 4.91. The maximum Gasteiger partial charge on any atom is 0.272 e. The van der Waals surface area contributed by atoms with Crippen molar-refractivity contribution < 1.29 is 4.74 Å². The Balaban J connectivity index is 2.64. The lowest BCUT2D eigenvalue weighted by atomic mass is 10.0. The molecule has 0 aliphatic rings. The number of aromatic amines is 1. The number of benzene rings is 1. The maximum atomic E-state index is 11.6. The number of hydrogen-bond acceptors (Lipinski definition) is 3. The molecule has 0 fully saturated rings. The Morgan fingerprint density at radius 3 is 2.75 bits per heavy atom. The van der Waals surface area contributed by atoms with E-state index in [2.05, 4.69) is 10.2 Å². The van der Waals surface area contributed by atoms with E-state index in [0.29, 0.717) is 5.56 Å². The third-order valence-corrected chi connectivity index (χ3v) is 2.46. The molecule has 0 amide bonds. The summed E-state index contributed by atoms with van der Waals surface area (Å²) in [5.41, 5.74) is 2.30. The lowest BCUT2D eigenvalue weighted by Crippen LogP contribution is -2.10. The molecule has 0 unspecified atom stereocenters. The van der Waals surface area contributed by atoms with Crippen molar-refractivity contribution in [2.75, 3.05) is 7.11 Å². The summed E-state index contributed by atoms with van der Waals surface area (Å²) in [6, 6.07) is 7.34. The van der Waals surface area contributed by atoms with Crippen LogP contribution in [0.4, 0.5) is 0 Å². The average Bonchev–Trinajstić information content (AvgIpc) is 2.31. The lowest BCUT2D eigenvalue weighted by Gasteiger charge is -2.07. The number of ether oxygens (including phenoxy) is 1. The first-order valence-corrected chi connectivity index (χ1v) is 4.91. The monoisotopic (exact) mass is 216 g/mol. The van der Waals surface area contributed by atoms with Crippen LogP contribution in [0.3, 0.4) is 0 Å². The van der Waals surface area contributed by atoms with Gasteiger partial charge in [0.15, 0.2) is 0 Å². The van der Waals surface area contributed by atoms with Crippen molar-refractivity contribution in [3.05, 3.63) is 46.4 Å². The molecule has 0 saturated carbocycles. The second-order valence-corrected chi connectivity index (χ2v) is 3.48. The molecule has 2 aromatic rings. The minimum atomic E-state index is -0.196. The van der Waals surface area contributed by atoms with E-state index in [1.54, 1.807) is 19.4 Å². The Labute approximate surface area is 92.9 Å². The van der Waals surface area contributed by atoms with E-state index in [0.717, 1.165) is 16.9 Å². The van der Waals surface area contributed by atoms with Crippen LogP contribution in [-0.2, 0) is 0 Å². The number of rotatable bonds is 2. The second-order valence-electron chi connectivity index (χ2n) is 3.48. The Hall–Kier alpha value is -2.10. The zero-order valence-electron chi connectivity index (χ0n) is 9.15. The minimum absolute atomic E-state index is 0.196. The summed E-state index contributed by atoms with van der Waals surface area (Å²) < 4.78 is 5.14. The van der Waals surface area contributed by atoms with Crippen molar-refractivity contribution in [3.63, 3.8) is 0 Å². The Bertz CT molecular complexity index is 561. The molecule has 0 spiro atoms. The molecule has 0 atom stereocenters. The van der Waals surface area contributed by atoms with E-state index in [1.807, 2.05) is 25.1 Å². The summed E-state index contributed by atoms with van der Waals surface area (Å²) in [4.78, 5) is 11.6. The molecular formula is C12H12N2O2. The molecule has 4 nitrogen and oxygen atoms in total. The highest BCUT2D eigenvalue weighted by atomic mass is 16.5. The number of hydrogen-bond donors (Lipinski definition) is 1. The molecule has 0 aliphatic carbocycles. The van der Waals surface area contributed by atoms with Crippen LogP contribution < -0.4 is 10.3 Å².